The molecule has 0 radical (unpaired) electrons. The summed E-state index contributed by atoms with van der Waals surface area (Å²) in [5.41, 5.74) is 0.444. The van der Waals surface area contributed by atoms with Crippen LogP contribution in [-0.2, 0) is 9.47 Å². The Balaban J connectivity index is 1.77. The van der Waals surface area contributed by atoms with E-state index in [0.717, 1.165) is 0 Å². The van der Waals surface area contributed by atoms with Crippen LogP contribution in [0.1, 0.15) is 10.4 Å². The number of halogens is 1. The van der Waals surface area contributed by atoms with Crippen molar-refractivity contribution >= 4 is 23.5 Å². The molecule has 0 atom stereocenters. The Bertz CT molecular complexity index is 718. The second kappa shape index (κ2) is 7.46. The number of anilines is 1. The molecule has 0 unspecified atom stereocenters. The largest absolute Gasteiger partial charge is 0.465 e. The second-order valence-corrected chi connectivity index (χ2v) is 5.43. The number of carbonyl (C=O) groups is 1. The van der Waals surface area contributed by atoms with Crippen molar-refractivity contribution in [3.05, 3.63) is 41.0 Å². The summed E-state index contributed by atoms with van der Waals surface area (Å²) in [6.45, 7) is 2.66. The number of ether oxygens (including phenoxy) is 3. The number of rotatable bonds is 4. The molecular weight excluding hydrogens is 334 g/mol. The first-order chi connectivity index (χ1) is 11.7. The fraction of sp³-hybridized carbons (Fsp3) is 0.312. The van der Waals surface area contributed by atoms with Crippen LogP contribution < -0.4 is 9.64 Å². The number of nitrogens with zero attached hydrogens (tertiary/aromatic N) is 3. The first kappa shape index (κ1) is 16.5. The van der Waals surface area contributed by atoms with Gasteiger partial charge in [0.15, 0.2) is 0 Å². The minimum Gasteiger partial charge on any atom is -0.465 e. The molecule has 1 aliphatic rings. The van der Waals surface area contributed by atoms with Crippen LogP contribution in [0.2, 0.25) is 5.15 Å². The van der Waals surface area contributed by atoms with Crippen LogP contribution in [-0.4, -0.2) is 49.4 Å². The maximum Gasteiger partial charge on any atom is 0.337 e. The first-order valence-electron chi connectivity index (χ1n) is 7.39. The predicted octanol–water partition coefficient (Wildman–Crippen LogP) is 2.55. The molecular formula is C16H16ClN3O4. The number of esters is 1. The molecule has 1 aliphatic heterocycles. The van der Waals surface area contributed by atoms with Gasteiger partial charge in [-0.2, -0.15) is 4.98 Å². The van der Waals surface area contributed by atoms with Gasteiger partial charge in [-0.05, 0) is 24.3 Å². The summed E-state index contributed by atoms with van der Waals surface area (Å²) >= 11 is 6.07. The molecule has 3 rings (SSSR count). The number of benzene rings is 1. The Labute approximate surface area is 144 Å². The van der Waals surface area contributed by atoms with E-state index < -0.39 is 5.97 Å². The summed E-state index contributed by atoms with van der Waals surface area (Å²) < 4.78 is 15.7. The maximum absolute atomic E-state index is 11.4. The van der Waals surface area contributed by atoms with Gasteiger partial charge in [-0.15, -0.1) is 0 Å². The number of hydrogen-bond donors (Lipinski definition) is 0. The molecule has 0 spiro atoms. The van der Waals surface area contributed by atoms with E-state index in [-0.39, 0.29) is 0 Å². The van der Waals surface area contributed by atoms with E-state index in [4.69, 9.17) is 21.1 Å². The molecule has 1 fully saturated rings. The second-order valence-electron chi connectivity index (χ2n) is 5.05. The molecule has 1 saturated heterocycles. The number of aromatic nitrogens is 2. The van der Waals surface area contributed by atoms with Crippen LogP contribution in [0.4, 0.5) is 5.95 Å². The molecule has 0 amide bonds. The van der Waals surface area contributed by atoms with E-state index in [2.05, 4.69) is 14.7 Å². The third-order valence-corrected chi connectivity index (χ3v) is 3.64. The van der Waals surface area contributed by atoms with Gasteiger partial charge in [-0.1, -0.05) is 11.6 Å². The van der Waals surface area contributed by atoms with Crippen LogP contribution >= 0.6 is 11.6 Å². The molecule has 0 saturated carbocycles. The number of morpholine rings is 1. The normalized spacial score (nSPS) is 14.3. The van der Waals surface area contributed by atoms with Crippen molar-refractivity contribution in [3.63, 3.8) is 0 Å². The maximum atomic E-state index is 11.4. The third kappa shape index (κ3) is 3.93. The highest BCUT2D eigenvalue weighted by Gasteiger charge is 2.16. The highest BCUT2D eigenvalue weighted by Crippen LogP contribution is 2.25. The Morgan fingerprint density at radius 2 is 1.92 bits per heavy atom. The molecule has 8 heteroatoms. The van der Waals surface area contributed by atoms with E-state index in [1.54, 1.807) is 30.3 Å². The molecule has 2 heterocycles. The van der Waals surface area contributed by atoms with E-state index >= 15 is 0 Å². The van der Waals surface area contributed by atoms with Crippen molar-refractivity contribution in [3.8, 4) is 11.6 Å². The van der Waals surface area contributed by atoms with Crippen molar-refractivity contribution in [2.45, 2.75) is 0 Å². The molecule has 1 aromatic carbocycles. The predicted molar refractivity (Wildman–Crippen MR) is 87.9 cm³/mol. The molecule has 0 bridgehead atoms. The van der Waals surface area contributed by atoms with Crippen molar-refractivity contribution in [2.24, 2.45) is 0 Å². The van der Waals surface area contributed by atoms with Gasteiger partial charge >= 0.3 is 5.97 Å². The quantitative estimate of drug-likeness (QED) is 0.620. The Morgan fingerprint density at radius 3 is 2.58 bits per heavy atom. The van der Waals surface area contributed by atoms with Crippen LogP contribution in [0, 0.1) is 0 Å². The van der Waals surface area contributed by atoms with Crippen LogP contribution in [0.25, 0.3) is 0 Å². The monoisotopic (exact) mass is 349 g/mol. The molecule has 0 aliphatic carbocycles. The highest BCUT2D eigenvalue weighted by atomic mass is 35.5. The Kier molecular flexibility index (Phi) is 5.12. The van der Waals surface area contributed by atoms with E-state index in [0.29, 0.717) is 54.6 Å². The highest BCUT2D eigenvalue weighted by molar-refractivity contribution is 6.29. The summed E-state index contributed by atoms with van der Waals surface area (Å²) in [7, 11) is 1.34. The van der Waals surface area contributed by atoms with Gasteiger partial charge < -0.3 is 19.1 Å². The summed E-state index contributed by atoms with van der Waals surface area (Å²) in [5, 5.41) is 0.299. The number of carbonyl (C=O) groups excluding carboxylic acids is 1. The minimum absolute atomic E-state index is 0.299. The van der Waals surface area contributed by atoms with Gasteiger partial charge in [0.05, 0.1) is 25.9 Å². The molecule has 0 N–H and O–H groups in total. The zero-order valence-electron chi connectivity index (χ0n) is 13.1. The average Bonchev–Trinajstić information content (AvgIpc) is 2.62. The van der Waals surface area contributed by atoms with Crippen LogP contribution in [0.15, 0.2) is 30.3 Å². The number of methoxy groups -OCH3 is 1. The van der Waals surface area contributed by atoms with Gasteiger partial charge in [0.1, 0.15) is 10.9 Å². The SMILES string of the molecule is COC(=O)c1ccc(Oc2cc(Cl)nc(N3CCOCC3)n2)cc1. The zero-order valence-corrected chi connectivity index (χ0v) is 13.8. The summed E-state index contributed by atoms with van der Waals surface area (Å²) in [5.74, 6) is 0.973. The summed E-state index contributed by atoms with van der Waals surface area (Å²) in [6, 6.07) is 8.10. The number of hydrogen-bond acceptors (Lipinski definition) is 7. The first-order valence-corrected chi connectivity index (χ1v) is 7.77. The molecule has 7 nitrogen and oxygen atoms in total. The zero-order chi connectivity index (χ0) is 16.9. The van der Waals surface area contributed by atoms with Crippen molar-refractivity contribution in [1.29, 1.82) is 0 Å². The van der Waals surface area contributed by atoms with Gasteiger partial charge in [0, 0.05) is 19.2 Å². The van der Waals surface area contributed by atoms with E-state index in [1.165, 1.54) is 7.11 Å². The molecule has 2 aromatic rings. The van der Waals surface area contributed by atoms with Gasteiger partial charge in [0.2, 0.25) is 11.8 Å². The fourth-order valence-electron chi connectivity index (χ4n) is 2.24. The fourth-order valence-corrected chi connectivity index (χ4v) is 2.41. The lowest BCUT2D eigenvalue weighted by Gasteiger charge is -2.26. The lowest BCUT2D eigenvalue weighted by molar-refractivity contribution is 0.0600. The average molecular weight is 350 g/mol. The topological polar surface area (TPSA) is 73.8 Å². The Hall–Kier alpha value is -2.38. The third-order valence-electron chi connectivity index (χ3n) is 3.45. The van der Waals surface area contributed by atoms with Crippen LogP contribution in [0.5, 0.6) is 11.6 Å². The Morgan fingerprint density at radius 1 is 1.21 bits per heavy atom. The van der Waals surface area contributed by atoms with Crippen molar-refractivity contribution in [2.75, 3.05) is 38.3 Å². The van der Waals surface area contributed by atoms with Crippen molar-refractivity contribution in [1.82, 2.24) is 9.97 Å². The van der Waals surface area contributed by atoms with Gasteiger partial charge in [-0.3, -0.25) is 0 Å². The summed E-state index contributed by atoms with van der Waals surface area (Å²) in [6.07, 6.45) is 0. The minimum atomic E-state index is -0.402. The van der Waals surface area contributed by atoms with E-state index in [1.807, 2.05) is 4.90 Å². The van der Waals surface area contributed by atoms with Gasteiger partial charge in [-0.25, -0.2) is 9.78 Å². The summed E-state index contributed by atoms with van der Waals surface area (Å²) in [4.78, 5) is 22.0. The molecule has 126 valence electrons. The standard InChI is InChI=1S/C16H16ClN3O4/c1-22-15(21)11-2-4-12(5-3-11)24-14-10-13(17)18-16(19-14)20-6-8-23-9-7-20/h2-5,10H,6-9H2,1H3. The smallest absolute Gasteiger partial charge is 0.337 e. The lowest BCUT2D eigenvalue weighted by atomic mass is 10.2. The van der Waals surface area contributed by atoms with Crippen molar-refractivity contribution < 1.29 is 19.0 Å². The van der Waals surface area contributed by atoms with E-state index in [9.17, 15) is 4.79 Å². The lowest BCUT2D eigenvalue weighted by Crippen LogP contribution is -2.37. The molecule has 24 heavy (non-hydrogen) atoms. The van der Waals surface area contributed by atoms with Crippen LogP contribution in [0.3, 0.4) is 0 Å². The molecule has 1 aromatic heterocycles. The van der Waals surface area contributed by atoms with Gasteiger partial charge in [0.25, 0.3) is 0 Å².